The molecule has 0 spiro atoms. The number of halogens is 3. The van der Waals surface area contributed by atoms with E-state index in [4.69, 9.17) is 34.8 Å². The molecular weight excluding hydrogens is 357 g/mol. The van der Waals surface area contributed by atoms with Gasteiger partial charge in [0.1, 0.15) is 5.15 Å². The summed E-state index contributed by atoms with van der Waals surface area (Å²) in [6.07, 6.45) is 1.35. The lowest BCUT2D eigenvalue weighted by molar-refractivity contribution is 0.464. The molecule has 0 aliphatic carbocycles. The first-order chi connectivity index (χ1) is 9.71. The summed E-state index contributed by atoms with van der Waals surface area (Å²) in [5, 5.41) is 0.770. The van der Waals surface area contributed by atoms with Crippen LogP contribution in [0.15, 0.2) is 29.6 Å². The normalized spacial score (nSPS) is 12.1. The van der Waals surface area contributed by atoms with Crippen molar-refractivity contribution >= 4 is 44.8 Å². The van der Waals surface area contributed by atoms with Crippen LogP contribution in [0.2, 0.25) is 15.2 Å². The molecule has 114 valence electrons. The van der Waals surface area contributed by atoms with Crippen LogP contribution in [0.25, 0.3) is 0 Å². The van der Waals surface area contributed by atoms with E-state index in [0.717, 1.165) is 4.31 Å². The summed E-state index contributed by atoms with van der Waals surface area (Å²) < 4.78 is 27.5. The Hall–Kier alpha value is -0.790. The number of aromatic nitrogens is 2. The Labute approximate surface area is 138 Å². The molecule has 1 aromatic carbocycles. The summed E-state index contributed by atoms with van der Waals surface area (Å²) in [5.74, 6) is 0. The van der Waals surface area contributed by atoms with Crippen LogP contribution in [-0.2, 0) is 23.6 Å². The molecule has 0 fully saturated rings. The van der Waals surface area contributed by atoms with Gasteiger partial charge in [-0.25, -0.2) is 13.4 Å². The SMILES string of the molecule is CN(Cc1cc(Cl)cc(Cl)c1)S(=O)(=O)c1ncn(C)c1Cl. The minimum Gasteiger partial charge on any atom is -0.324 e. The van der Waals surface area contributed by atoms with E-state index < -0.39 is 10.0 Å². The van der Waals surface area contributed by atoms with Crippen LogP contribution < -0.4 is 0 Å². The van der Waals surface area contributed by atoms with Gasteiger partial charge in [0.2, 0.25) is 5.03 Å². The predicted molar refractivity (Wildman–Crippen MR) is 83.3 cm³/mol. The first-order valence-corrected chi connectivity index (χ1v) is 8.37. The smallest absolute Gasteiger partial charge is 0.263 e. The number of hydrogen-bond donors (Lipinski definition) is 0. The van der Waals surface area contributed by atoms with E-state index in [-0.39, 0.29) is 16.7 Å². The van der Waals surface area contributed by atoms with E-state index in [1.807, 2.05) is 0 Å². The number of aryl methyl sites for hydroxylation is 1. The first-order valence-electron chi connectivity index (χ1n) is 5.80. The summed E-state index contributed by atoms with van der Waals surface area (Å²) in [6, 6.07) is 4.88. The lowest BCUT2D eigenvalue weighted by Gasteiger charge is -2.16. The highest BCUT2D eigenvalue weighted by Crippen LogP contribution is 2.25. The van der Waals surface area contributed by atoms with E-state index >= 15 is 0 Å². The van der Waals surface area contributed by atoms with Crippen molar-refractivity contribution in [2.24, 2.45) is 7.05 Å². The zero-order valence-corrected chi connectivity index (χ0v) is 14.3. The molecule has 0 N–H and O–H groups in total. The van der Waals surface area contributed by atoms with Crippen LogP contribution in [0.3, 0.4) is 0 Å². The standard InChI is InChI=1S/C12H12Cl3N3O2S/c1-17-7-16-12(11(17)15)21(19,20)18(2)6-8-3-9(13)5-10(14)4-8/h3-5,7H,6H2,1-2H3. The summed E-state index contributed by atoms with van der Waals surface area (Å²) in [4.78, 5) is 3.83. The average Bonchev–Trinajstić information content (AvgIpc) is 2.69. The van der Waals surface area contributed by atoms with Crippen molar-refractivity contribution in [2.45, 2.75) is 11.6 Å². The Morgan fingerprint density at radius 2 is 1.76 bits per heavy atom. The first kappa shape index (κ1) is 16.6. The predicted octanol–water partition coefficient (Wildman–Crippen LogP) is 3.20. The van der Waals surface area contributed by atoms with Crippen LogP contribution in [0, 0.1) is 0 Å². The van der Waals surface area contributed by atoms with Gasteiger partial charge in [-0.2, -0.15) is 4.31 Å². The molecule has 2 rings (SSSR count). The molecule has 0 amide bonds. The maximum atomic E-state index is 12.4. The highest BCUT2D eigenvalue weighted by molar-refractivity contribution is 7.89. The fourth-order valence-corrected chi connectivity index (χ4v) is 3.87. The summed E-state index contributed by atoms with van der Waals surface area (Å²) in [7, 11) is -0.734. The molecule has 0 radical (unpaired) electrons. The second-order valence-electron chi connectivity index (χ2n) is 4.49. The van der Waals surface area contributed by atoms with Gasteiger partial charge in [-0.3, -0.25) is 0 Å². The molecule has 9 heteroatoms. The summed E-state index contributed by atoms with van der Waals surface area (Å²) in [6.45, 7) is 0.107. The van der Waals surface area contributed by atoms with E-state index in [0.29, 0.717) is 15.6 Å². The largest absolute Gasteiger partial charge is 0.324 e. The number of rotatable bonds is 4. The van der Waals surface area contributed by atoms with E-state index in [1.165, 1.54) is 17.9 Å². The van der Waals surface area contributed by atoms with Gasteiger partial charge >= 0.3 is 0 Å². The minimum absolute atomic E-state index is 0.0611. The molecule has 0 saturated heterocycles. The molecule has 0 aliphatic heterocycles. The van der Waals surface area contributed by atoms with E-state index in [1.54, 1.807) is 25.2 Å². The van der Waals surface area contributed by atoms with Crippen molar-refractivity contribution in [3.05, 3.63) is 45.3 Å². The van der Waals surface area contributed by atoms with Gasteiger partial charge in [-0.05, 0) is 23.8 Å². The summed E-state index contributed by atoms with van der Waals surface area (Å²) in [5.41, 5.74) is 0.672. The molecule has 21 heavy (non-hydrogen) atoms. The van der Waals surface area contributed by atoms with Crippen molar-refractivity contribution in [1.82, 2.24) is 13.9 Å². The van der Waals surface area contributed by atoms with Gasteiger partial charge in [0, 0.05) is 30.7 Å². The molecule has 0 bridgehead atoms. The third-order valence-corrected chi connectivity index (χ3v) is 5.55. The number of imidazole rings is 1. The van der Waals surface area contributed by atoms with Crippen LogP contribution in [-0.4, -0.2) is 29.3 Å². The topological polar surface area (TPSA) is 55.2 Å². The monoisotopic (exact) mass is 367 g/mol. The molecule has 0 saturated carbocycles. The van der Waals surface area contributed by atoms with Crippen molar-refractivity contribution in [3.63, 3.8) is 0 Å². The van der Waals surface area contributed by atoms with Gasteiger partial charge < -0.3 is 4.57 Å². The zero-order valence-electron chi connectivity index (χ0n) is 11.2. The molecule has 0 atom stereocenters. The van der Waals surface area contributed by atoms with Gasteiger partial charge in [-0.15, -0.1) is 0 Å². The molecule has 2 aromatic rings. The van der Waals surface area contributed by atoms with Crippen molar-refractivity contribution < 1.29 is 8.42 Å². The Kier molecular flexibility index (Phi) is 4.85. The van der Waals surface area contributed by atoms with Crippen molar-refractivity contribution in [3.8, 4) is 0 Å². The maximum Gasteiger partial charge on any atom is 0.263 e. The van der Waals surface area contributed by atoms with Crippen molar-refractivity contribution in [1.29, 1.82) is 0 Å². The molecule has 0 aliphatic rings. The molecule has 0 unspecified atom stereocenters. The molecule has 1 heterocycles. The quantitative estimate of drug-likeness (QED) is 0.832. The van der Waals surface area contributed by atoms with E-state index in [2.05, 4.69) is 4.98 Å². The second-order valence-corrected chi connectivity index (χ2v) is 7.68. The molecule has 1 aromatic heterocycles. The third-order valence-electron chi connectivity index (χ3n) is 2.82. The van der Waals surface area contributed by atoms with Crippen molar-refractivity contribution in [2.75, 3.05) is 7.05 Å². The zero-order chi connectivity index (χ0) is 15.8. The van der Waals surface area contributed by atoms with Gasteiger partial charge in [0.25, 0.3) is 10.0 Å². The Morgan fingerprint density at radius 3 is 2.24 bits per heavy atom. The van der Waals surface area contributed by atoms with E-state index in [9.17, 15) is 8.42 Å². The Morgan fingerprint density at radius 1 is 1.19 bits per heavy atom. The van der Waals surface area contributed by atoms with Crippen LogP contribution in [0.5, 0.6) is 0 Å². The second kappa shape index (κ2) is 6.14. The summed E-state index contributed by atoms with van der Waals surface area (Å²) >= 11 is 17.8. The fourth-order valence-electron chi connectivity index (χ4n) is 1.76. The number of hydrogen-bond acceptors (Lipinski definition) is 3. The lowest BCUT2D eigenvalue weighted by Crippen LogP contribution is -2.27. The third kappa shape index (κ3) is 3.52. The number of benzene rings is 1. The van der Waals surface area contributed by atoms with Gasteiger partial charge in [-0.1, -0.05) is 34.8 Å². The Balaban J connectivity index is 2.31. The Bertz CT molecular complexity index is 754. The molecule has 5 nitrogen and oxygen atoms in total. The molecular formula is C12H12Cl3N3O2S. The number of nitrogens with zero attached hydrogens (tertiary/aromatic N) is 3. The van der Waals surface area contributed by atoms with Crippen LogP contribution >= 0.6 is 34.8 Å². The highest BCUT2D eigenvalue weighted by Gasteiger charge is 2.27. The highest BCUT2D eigenvalue weighted by atomic mass is 35.5. The maximum absolute atomic E-state index is 12.4. The minimum atomic E-state index is -3.79. The average molecular weight is 369 g/mol. The van der Waals surface area contributed by atoms with Crippen LogP contribution in [0.1, 0.15) is 5.56 Å². The number of sulfonamides is 1. The van der Waals surface area contributed by atoms with Gasteiger partial charge in [0.15, 0.2) is 0 Å². The lowest BCUT2D eigenvalue weighted by atomic mass is 10.2. The van der Waals surface area contributed by atoms with Gasteiger partial charge in [0.05, 0.1) is 6.33 Å². The fraction of sp³-hybridized carbons (Fsp3) is 0.250. The van der Waals surface area contributed by atoms with Crippen LogP contribution in [0.4, 0.5) is 0 Å².